The highest BCUT2D eigenvalue weighted by atomic mass is 35.5. The Hall–Kier alpha value is 0.01000. The SMILES string of the molecule is CN1CCC(NC(=O)[C@@]2(C)CC2(Cl)Cl)CC1. The van der Waals surface area contributed by atoms with Gasteiger partial charge in [-0.1, -0.05) is 0 Å². The number of hydrogen-bond acceptors (Lipinski definition) is 2. The monoisotopic (exact) mass is 264 g/mol. The molecular formula is C11H18Cl2N2O. The molecule has 5 heteroatoms. The van der Waals surface area contributed by atoms with E-state index in [2.05, 4.69) is 17.3 Å². The van der Waals surface area contributed by atoms with Gasteiger partial charge in [-0.3, -0.25) is 4.79 Å². The van der Waals surface area contributed by atoms with Gasteiger partial charge in [-0.05, 0) is 46.3 Å². The zero-order chi connectivity index (χ0) is 12.0. The molecule has 1 heterocycles. The minimum Gasteiger partial charge on any atom is -0.353 e. The predicted octanol–water partition coefficient (Wildman–Crippen LogP) is 1.78. The van der Waals surface area contributed by atoms with Crippen LogP contribution in [0, 0.1) is 5.41 Å². The molecule has 2 aliphatic rings. The molecule has 2 rings (SSSR count). The van der Waals surface area contributed by atoms with Crippen LogP contribution in [0.4, 0.5) is 0 Å². The average molecular weight is 265 g/mol. The Morgan fingerprint density at radius 1 is 1.38 bits per heavy atom. The largest absolute Gasteiger partial charge is 0.353 e. The molecule has 92 valence electrons. The number of piperidine rings is 1. The molecule has 1 amide bonds. The molecule has 0 aromatic carbocycles. The number of nitrogens with zero attached hydrogens (tertiary/aromatic N) is 1. The molecule has 0 aromatic heterocycles. The summed E-state index contributed by atoms with van der Waals surface area (Å²) in [7, 11) is 2.10. The molecule has 3 nitrogen and oxygen atoms in total. The second-order valence-corrected chi connectivity index (χ2v) is 6.75. The smallest absolute Gasteiger partial charge is 0.229 e. The maximum atomic E-state index is 12.0. The number of likely N-dealkylation sites (tertiary alicyclic amines) is 1. The van der Waals surface area contributed by atoms with Crippen LogP contribution in [0.5, 0.6) is 0 Å². The van der Waals surface area contributed by atoms with E-state index in [-0.39, 0.29) is 11.9 Å². The van der Waals surface area contributed by atoms with Gasteiger partial charge >= 0.3 is 0 Å². The first kappa shape index (κ1) is 12.5. The standard InChI is InChI=1S/C11H18Cl2N2O/c1-10(7-11(10,12)13)9(16)14-8-3-5-15(2)6-4-8/h8H,3-7H2,1-2H3,(H,14,16)/t10-/m1/s1. The summed E-state index contributed by atoms with van der Waals surface area (Å²) in [6, 6.07) is 0.283. The Kier molecular flexibility index (Phi) is 3.15. The first-order chi connectivity index (χ1) is 7.35. The minimum absolute atomic E-state index is 0.00653. The number of carbonyl (C=O) groups excluding carboxylic acids is 1. The Bertz CT molecular complexity index is 300. The highest BCUT2D eigenvalue weighted by molar-refractivity contribution is 6.53. The van der Waals surface area contributed by atoms with Crippen LogP contribution in [0.2, 0.25) is 0 Å². The Balaban J connectivity index is 1.85. The van der Waals surface area contributed by atoms with Gasteiger partial charge in [-0.25, -0.2) is 0 Å². The third kappa shape index (κ3) is 2.18. The van der Waals surface area contributed by atoms with Crippen molar-refractivity contribution in [3.8, 4) is 0 Å². The van der Waals surface area contributed by atoms with Crippen LogP contribution in [0.15, 0.2) is 0 Å². The van der Waals surface area contributed by atoms with Gasteiger partial charge in [0.2, 0.25) is 5.91 Å². The number of nitrogens with one attached hydrogen (secondary N) is 1. The molecule has 0 unspecified atom stereocenters. The first-order valence-electron chi connectivity index (χ1n) is 5.72. The summed E-state index contributed by atoms with van der Waals surface area (Å²) < 4.78 is -0.859. The van der Waals surface area contributed by atoms with Crippen LogP contribution in [-0.2, 0) is 4.79 Å². The Morgan fingerprint density at radius 3 is 2.31 bits per heavy atom. The lowest BCUT2D eigenvalue weighted by atomic mass is 10.0. The third-order valence-corrected chi connectivity index (χ3v) is 4.91. The Labute approximate surface area is 106 Å². The maximum Gasteiger partial charge on any atom is 0.229 e. The lowest BCUT2D eigenvalue weighted by Crippen LogP contribution is -2.46. The number of carbonyl (C=O) groups is 1. The van der Waals surface area contributed by atoms with E-state index in [9.17, 15) is 4.79 Å². The van der Waals surface area contributed by atoms with Crippen LogP contribution in [0.25, 0.3) is 0 Å². The summed E-state index contributed by atoms with van der Waals surface area (Å²) >= 11 is 12.0. The second kappa shape index (κ2) is 4.04. The third-order valence-electron chi connectivity index (χ3n) is 3.81. The fraction of sp³-hybridized carbons (Fsp3) is 0.909. The van der Waals surface area contributed by atoms with Crippen molar-refractivity contribution in [3.05, 3.63) is 0 Å². The van der Waals surface area contributed by atoms with E-state index in [1.807, 2.05) is 6.92 Å². The lowest BCUT2D eigenvalue weighted by Gasteiger charge is -2.30. The van der Waals surface area contributed by atoms with Crippen molar-refractivity contribution in [3.63, 3.8) is 0 Å². The molecule has 0 radical (unpaired) electrons. The van der Waals surface area contributed by atoms with Crippen molar-refractivity contribution >= 4 is 29.1 Å². The van der Waals surface area contributed by atoms with Gasteiger partial charge in [0, 0.05) is 6.04 Å². The molecule has 16 heavy (non-hydrogen) atoms. The summed E-state index contributed by atoms with van der Waals surface area (Å²) in [5.74, 6) is 0.00653. The van der Waals surface area contributed by atoms with Crippen LogP contribution < -0.4 is 5.32 Å². The van der Waals surface area contributed by atoms with Crippen LogP contribution >= 0.6 is 23.2 Å². The molecule has 1 N–H and O–H groups in total. The average Bonchev–Trinajstić information content (AvgIpc) is 2.71. The number of alkyl halides is 2. The number of halogens is 2. The summed E-state index contributed by atoms with van der Waals surface area (Å²) in [5.41, 5.74) is -0.584. The zero-order valence-corrected chi connectivity index (χ0v) is 11.2. The van der Waals surface area contributed by atoms with Crippen molar-refractivity contribution in [1.82, 2.24) is 10.2 Å². The Morgan fingerprint density at radius 2 is 1.88 bits per heavy atom. The summed E-state index contributed by atoms with van der Waals surface area (Å²) in [6.07, 6.45) is 2.58. The molecule has 1 saturated carbocycles. The highest BCUT2D eigenvalue weighted by Crippen LogP contribution is 2.63. The number of amides is 1. The topological polar surface area (TPSA) is 32.3 Å². The molecular weight excluding hydrogens is 247 g/mol. The summed E-state index contributed by atoms with van der Waals surface area (Å²) in [5, 5.41) is 3.06. The van der Waals surface area contributed by atoms with Crippen molar-refractivity contribution in [2.24, 2.45) is 5.41 Å². The van der Waals surface area contributed by atoms with E-state index >= 15 is 0 Å². The molecule has 0 bridgehead atoms. The molecule has 1 atom stereocenters. The molecule has 1 saturated heterocycles. The quantitative estimate of drug-likeness (QED) is 0.772. The van der Waals surface area contributed by atoms with Crippen molar-refractivity contribution in [1.29, 1.82) is 0 Å². The fourth-order valence-corrected chi connectivity index (χ4v) is 2.85. The number of rotatable bonds is 2. The maximum absolute atomic E-state index is 12.0. The summed E-state index contributed by atoms with van der Waals surface area (Å²) in [6.45, 7) is 3.90. The molecule has 1 aliphatic heterocycles. The van der Waals surface area contributed by atoms with E-state index in [0.717, 1.165) is 25.9 Å². The summed E-state index contributed by atoms with van der Waals surface area (Å²) in [4.78, 5) is 14.3. The van der Waals surface area contributed by atoms with E-state index in [0.29, 0.717) is 6.42 Å². The molecule has 0 aromatic rings. The van der Waals surface area contributed by atoms with E-state index in [4.69, 9.17) is 23.2 Å². The van der Waals surface area contributed by atoms with Crippen LogP contribution in [0.1, 0.15) is 26.2 Å². The predicted molar refractivity (Wildman–Crippen MR) is 65.8 cm³/mol. The molecule has 2 fully saturated rings. The fourth-order valence-electron chi connectivity index (χ4n) is 2.14. The van der Waals surface area contributed by atoms with Gasteiger partial charge in [0.25, 0.3) is 0 Å². The van der Waals surface area contributed by atoms with E-state index < -0.39 is 9.75 Å². The molecule has 0 spiro atoms. The molecule has 1 aliphatic carbocycles. The van der Waals surface area contributed by atoms with Gasteiger partial charge < -0.3 is 10.2 Å². The van der Waals surface area contributed by atoms with Crippen molar-refractivity contribution in [2.45, 2.75) is 36.6 Å². The van der Waals surface area contributed by atoms with E-state index in [1.165, 1.54) is 0 Å². The number of hydrogen-bond donors (Lipinski definition) is 1. The van der Waals surface area contributed by atoms with Gasteiger partial charge in [0.05, 0.1) is 5.41 Å². The van der Waals surface area contributed by atoms with E-state index in [1.54, 1.807) is 0 Å². The normalized spacial score (nSPS) is 34.8. The van der Waals surface area contributed by atoms with Gasteiger partial charge in [-0.15, -0.1) is 23.2 Å². The van der Waals surface area contributed by atoms with Crippen molar-refractivity contribution in [2.75, 3.05) is 20.1 Å². The lowest BCUT2D eigenvalue weighted by molar-refractivity contribution is -0.126. The van der Waals surface area contributed by atoms with Crippen LogP contribution in [-0.4, -0.2) is 41.3 Å². The van der Waals surface area contributed by atoms with Crippen molar-refractivity contribution < 1.29 is 4.79 Å². The van der Waals surface area contributed by atoms with Gasteiger partial charge in [0.1, 0.15) is 4.33 Å². The van der Waals surface area contributed by atoms with Gasteiger partial charge in [-0.2, -0.15) is 0 Å². The highest BCUT2D eigenvalue weighted by Gasteiger charge is 2.68. The first-order valence-corrected chi connectivity index (χ1v) is 6.48. The van der Waals surface area contributed by atoms with Crippen LogP contribution in [0.3, 0.4) is 0 Å². The minimum atomic E-state index is -0.859. The van der Waals surface area contributed by atoms with Gasteiger partial charge in [0.15, 0.2) is 0 Å². The second-order valence-electron chi connectivity index (χ2n) is 5.26. The zero-order valence-electron chi connectivity index (χ0n) is 9.72.